The lowest BCUT2D eigenvalue weighted by molar-refractivity contribution is -0.118. The first-order valence-corrected chi connectivity index (χ1v) is 6.84. The highest BCUT2D eigenvalue weighted by atomic mass is 19.1. The monoisotopic (exact) mass is 312 g/mol. The molecule has 116 valence electrons. The maximum Gasteiger partial charge on any atom is 0.251 e. The number of aromatic amines is 1. The van der Waals surface area contributed by atoms with E-state index in [4.69, 9.17) is 5.11 Å². The second kappa shape index (κ2) is 6.37. The van der Waals surface area contributed by atoms with Crippen LogP contribution in [0.1, 0.15) is 0 Å². The summed E-state index contributed by atoms with van der Waals surface area (Å²) in [6.07, 6.45) is 3.24. The molecule has 6 nitrogen and oxygen atoms in total. The highest BCUT2D eigenvalue weighted by molar-refractivity contribution is 5.98. The van der Waals surface area contributed by atoms with E-state index in [0.717, 1.165) is 11.1 Å². The number of carbonyl (C=O) groups is 1. The van der Waals surface area contributed by atoms with Gasteiger partial charge >= 0.3 is 0 Å². The van der Waals surface area contributed by atoms with Crippen molar-refractivity contribution in [3.05, 3.63) is 54.6 Å². The van der Waals surface area contributed by atoms with Gasteiger partial charge in [0, 0.05) is 18.0 Å². The van der Waals surface area contributed by atoms with Crippen molar-refractivity contribution in [2.75, 3.05) is 11.9 Å². The Morgan fingerprint density at radius 3 is 2.48 bits per heavy atom. The highest BCUT2D eigenvalue weighted by Gasteiger charge is 2.18. The Bertz CT molecular complexity index is 816. The van der Waals surface area contributed by atoms with Gasteiger partial charge in [-0.2, -0.15) is 5.10 Å². The van der Waals surface area contributed by atoms with Gasteiger partial charge in [0.2, 0.25) is 0 Å². The summed E-state index contributed by atoms with van der Waals surface area (Å²) in [7, 11) is 0. The van der Waals surface area contributed by atoms with Crippen LogP contribution in [0.4, 0.5) is 10.2 Å². The number of nitrogens with zero attached hydrogens (tertiary/aromatic N) is 2. The molecule has 0 saturated heterocycles. The number of anilines is 1. The molecule has 2 heterocycles. The van der Waals surface area contributed by atoms with E-state index in [9.17, 15) is 9.18 Å². The quantitative estimate of drug-likeness (QED) is 0.689. The molecule has 0 spiro atoms. The van der Waals surface area contributed by atoms with E-state index in [0.29, 0.717) is 11.3 Å². The molecular formula is C16H13FN4O2. The lowest BCUT2D eigenvalue weighted by Gasteiger charge is -2.07. The zero-order valence-corrected chi connectivity index (χ0v) is 12.0. The number of rotatable bonds is 4. The van der Waals surface area contributed by atoms with Gasteiger partial charge < -0.3 is 10.4 Å². The third-order valence-electron chi connectivity index (χ3n) is 3.27. The molecule has 0 aliphatic carbocycles. The Morgan fingerprint density at radius 1 is 1.13 bits per heavy atom. The van der Waals surface area contributed by atoms with Gasteiger partial charge in [0.1, 0.15) is 12.4 Å². The van der Waals surface area contributed by atoms with E-state index in [1.54, 1.807) is 36.7 Å². The SMILES string of the molecule is O=C(CO)Nc1n[nH]c(-c2ccc(F)cc2)c1-c1ccncc1. The predicted molar refractivity (Wildman–Crippen MR) is 82.9 cm³/mol. The number of hydrogen-bond acceptors (Lipinski definition) is 4. The minimum Gasteiger partial charge on any atom is -0.387 e. The second-order valence-corrected chi connectivity index (χ2v) is 4.77. The van der Waals surface area contributed by atoms with E-state index >= 15 is 0 Å². The van der Waals surface area contributed by atoms with Crippen molar-refractivity contribution in [1.82, 2.24) is 15.2 Å². The highest BCUT2D eigenvalue weighted by Crippen LogP contribution is 2.35. The standard InChI is InChI=1S/C16H13FN4O2/c17-12-3-1-11(2-4-12)15-14(10-5-7-18-8-6-10)16(21-20-15)19-13(23)9-22/h1-8,22H,9H2,(H2,19,20,21,23). The first-order chi connectivity index (χ1) is 11.2. The van der Waals surface area contributed by atoms with Crippen LogP contribution in [0, 0.1) is 5.82 Å². The van der Waals surface area contributed by atoms with Gasteiger partial charge in [-0.25, -0.2) is 4.39 Å². The van der Waals surface area contributed by atoms with Crippen LogP contribution in [0.3, 0.4) is 0 Å². The number of aromatic nitrogens is 3. The number of benzene rings is 1. The fourth-order valence-electron chi connectivity index (χ4n) is 2.23. The second-order valence-electron chi connectivity index (χ2n) is 4.77. The summed E-state index contributed by atoms with van der Waals surface area (Å²) in [5, 5.41) is 18.4. The summed E-state index contributed by atoms with van der Waals surface area (Å²) < 4.78 is 13.1. The van der Waals surface area contributed by atoms with E-state index in [1.807, 2.05) is 0 Å². The maximum atomic E-state index is 13.1. The number of nitrogens with one attached hydrogen (secondary N) is 2. The van der Waals surface area contributed by atoms with Crippen molar-refractivity contribution >= 4 is 11.7 Å². The van der Waals surface area contributed by atoms with E-state index in [-0.39, 0.29) is 11.6 Å². The van der Waals surface area contributed by atoms with Crippen LogP contribution in [0.25, 0.3) is 22.4 Å². The lowest BCUT2D eigenvalue weighted by Crippen LogP contribution is -2.16. The molecule has 7 heteroatoms. The molecule has 0 atom stereocenters. The molecule has 0 bridgehead atoms. The Kier molecular flexibility index (Phi) is 4.11. The molecule has 23 heavy (non-hydrogen) atoms. The van der Waals surface area contributed by atoms with Gasteiger partial charge in [-0.3, -0.25) is 14.9 Å². The van der Waals surface area contributed by atoms with Crippen molar-refractivity contribution in [3.8, 4) is 22.4 Å². The van der Waals surface area contributed by atoms with Gasteiger partial charge in [-0.15, -0.1) is 0 Å². The van der Waals surface area contributed by atoms with Crippen LogP contribution in [0.15, 0.2) is 48.8 Å². The van der Waals surface area contributed by atoms with Crippen LogP contribution in [0.2, 0.25) is 0 Å². The number of halogens is 1. The van der Waals surface area contributed by atoms with E-state index in [1.165, 1.54) is 12.1 Å². The minimum atomic E-state index is -0.644. The summed E-state index contributed by atoms with van der Waals surface area (Å²) in [4.78, 5) is 15.4. The Morgan fingerprint density at radius 2 is 1.83 bits per heavy atom. The Balaban J connectivity index is 2.13. The molecule has 3 rings (SSSR count). The van der Waals surface area contributed by atoms with E-state index in [2.05, 4.69) is 20.5 Å². The number of hydrogen-bond donors (Lipinski definition) is 3. The summed E-state index contributed by atoms with van der Waals surface area (Å²) in [5.74, 6) is -0.625. The van der Waals surface area contributed by atoms with Crippen molar-refractivity contribution < 1.29 is 14.3 Å². The first-order valence-electron chi connectivity index (χ1n) is 6.84. The molecule has 0 saturated carbocycles. The molecule has 0 fully saturated rings. The van der Waals surface area contributed by atoms with Gasteiger partial charge in [-0.1, -0.05) is 0 Å². The first kappa shape index (κ1) is 14.9. The molecule has 0 aliphatic rings. The van der Waals surface area contributed by atoms with Gasteiger partial charge in [-0.05, 0) is 42.0 Å². The predicted octanol–water partition coefficient (Wildman–Crippen LogP) is 2.21. The molecule has 2 aromatic heterocycles. The van der Waals surface area contributed by atoms with E-state index < -0.39 is 12.5 Å². The smallest absolute Gasteiger partial charge is 0.251 e. The largest absolute Gasteiger partial charge is 0.387 e. The summed E-state index contributed by atoms with van der Waals surface area (Å²) >= 11 is 0. The van der Waals surface area contributed by atoms with Gasteiger partial charge in [0.25, 0.3) is 5.91 Å². The molecule has 1 amide bonds. The van der Waals surface area contributed by atoms with Crippen LogP contribution in [-0.2, 0) is 4.79 Å². The average Bonchev–Trinajstić information content (AvgIpc) is 2.99. The molecule has 0 radical (unpaired) electrons. The van der Waals surface area contributed by atoms with Crippen LogP contribution < -0.4 is 5.32 Å². The van der Waals surface area contributed by atoms with Gasteiger partial charge in [0.15, 0.2) is 5.82 Å². The third-order valence-corrected chi connectivity index (χ3v) is 3.27. The van der Waals surface area contributed by atoms with Crippen molar-refractivity contribution in [2.45, 2.75) is 0 Å². The Hall–Kier alpha value is -3.06. The van der Waals surface area contributed by atoms with Gasteiger partial charge in [0.05, 0.1) is 11.3 Å². The summed E-state index contributed by atoms with van der Waals surface area (Å²) in [6, 6.07) is 9.46. The molecular weight excluding hydrogens is 299 g/mol. The number of aliphatic hydroxyl groups excluding tert-OH is 1. The van der Waals surface area contributed by atoms with Crippen LogP contribution in [0.5, 0.6) is 0 Å². The van der Waals surface area contributed by atoms with Crippen molar-refractivity contribution in [1.29, 1.82) is 0 Å². The van der Waals surface area contributed by atoms with Crippen molar-refractivity contribution in [2.24, 2.45) is 0 Å². The fraction of sp³-hybridized carbons (Fsp3) is 0.0625. The lowest BCUT2D eigenvalue weighted by atomic mass is 10.0. The number of carbonyl (C=O) groups excluding carboxylic acids is 1. The number of amides is 1. The normalized spacial score (nSPS) is 10.5. The van der Waals surface area contributed by atoms with Crippen LogP contribution >= 0.6 is 0 Å². The average molecular weight is 312 g/mol. The van der Waals surface area contributed by atoms with Crippen molar-refractivity contribution in [3.63, 3.8) is 0 Å². The maximum absolute atomic E-state index is 13.1. The molecule has 3 aromatic rings. The van der Waals surface area contributed by atoms with Crippen LogP contribution in [-0.4, -0.2) is 32.8 Å². The molecule has 0 unspecified atom stereocenters. The zero-order chi connectivity index (χ0) is 16.2. The summed E-state index contributed by atoms with van der Waals surface area (Å²) in [5.41, 5.74) is 2.77. The molecule has 3 N–H and O–H groups in total. The third kappa shape index (κ3) is 3.09. The topological polar surface area (TPSA) is 90.9 Å². The summed E-state index contributed by atoms with van der Waals surface area (Å²) in [6.45, 7) is -0.644. The Labute approximate surface area is 131 Å². The number of H-pyrrole nitrogens is 1. The fourth-order valence-corrected chi connectivity index (χ4v) is 2.23. The number of pyridine rings is 1. The zero-order valence-electron chi connectivity index (χ0n) is 12.0. The molecule has 0 aliphatic heterocycles. The number of aliphatic hydroxyl groups is 1. The minimum absolute atomic E-state index is 0.287. The molecule has 1 aromatic carbocycles.